The first kappa shape index (κ1) is 29.5. The number of hydrogen-bond donors (Lipinski definition) is 5. The molecule has 0 spiro atoms. The zero-order valence-electron chi connectivity index (χ0n) is 23.4. The van der Waals surface area contributed by atoms with Crippen LogP contribution in [0.5, 0.6) is 0 Å². The number of methoxy groups -OCH3 is 1. The lowest BCUT2D eigenvalue weighted by Gasteiger charge is -2.18. The van der Waals surface area contributed by atoms with Gasteiger partial charge < -0.3 is 26.1 Å². The van der Waals surface area contributed by atoms with E-state index < -0.39 is 18.0 Å². The van der Waals surface area contributed by atoms with Crippen molar-refractivity contribution in [3.63, 3.8) is 0 Å². The fraction of sp³-hybridized carbons (Fsp3) is 0.321. The Bertz CT molecular complexity index is 1620. The van der Waals surface area contributed by atoms with Gasteiger partial charge in [-0.3, -0.25) is 14.9 Å². The van der Waals surface area contributed by atoms with Crippen molar-refractivity contribution in [1.82, 2.24) is 35.5 Å². The Morgan fingerprint density at radius 3 is 2.79 bits per heavy atom. The molecule has 0 unspecified atom stereocenters. The number of primary amides is 1. The Morgan fingerprint density at radius 1 is 1.16 bits per heavy atom. The summed E-state index contributed by atoms with van der Waals surface area (Å²) in [6, 6.07) is 10.0. The number of hydrogen-bond acceptors (Lipinski definition) is 9. The third-order valence-corrected chi connectivity index (χ3v) is 7.32. The summed E-state index contributed by atoms with van der Waals surface area (Å²) in [5, 5.41) is 21.0. The summed E-state index contributed by atoms with van der Waals surface area (Å²) in [5.41, 5.74) is 9.55. The molecule has 0 fully saturated rings. The van der Waals surface area contributed by atoms with Crippen LogP contribution in [0.1, 0.15) is 60.0 Å². The second kappa shape index (κ2) is 13.3. The maximum Gasteiger partial charge on any atom is 0.411 e. The molecule has 14 nitrogen and oxygen atoms in total. The summed E-state index contributed by atoms with van der Waals surface area (Å²) in [6.45, 7) is 0.651. The molecule has 5 rings (SSSR count). The second-order valence-corrected chi connectivity index (χ2v) is 10.4. The summed E-state index contributed by atoms with van der Waals surface area (Å²) in [6.07, 6.45) is 4.62. The first-order chi connectivity index (χ1) is 20.8. The summed E-state index contributed by atoms with van der Waals surface area (Å²) >= 11 is 6.24. The number of amides is 3. The number of aromatic amines is 1. The van der Waals surface area contributed by atoms with Crippen molar-refractivity contribution in [3.05, 3.63) is 64.8 Å². The lowest BCUT2D eigenvalue weighted by molar-refractivity contribution is -0.121. The monoisotopic (exact) mass is 606 g/mol. The van der Waals surface area contributed by atoms with Crippen molar-refractivity contribution >= 4 is 40.9 Å². The van der Waals surface area contributed by atoms with Crippen LogP contribution in [0.25, 0.3) is 16.9 Å². The Labute approximate surface area is 251 Å². The van der Waals surface area contributed by atoms with Gasteiger partial charge in [-0.15, -0.1) is 5.10 Å². The lowest BCUT2D eigenvalue weighted by Crippen LogP contribution is -2.29. The molecule has 2 aromatic carbocycles. The largest absolute Gasteiger partial charge is 0.453 e. The minimum atomic E-state index is -0.688. The van der Waals surface area contributed by atoms with E-state index in [0.717, 1.165) is 30.5 Å². The number of rotatable bonds is 7. The van der Waals surface area contributed by atoms with Crippen molar-refractivity contribution in [1.29, 1.82) is 0 Å². The molecule has 2 bridgehead atoms. The van der Waals surface area contributed by atoms with E-state index in [1.807, 2.05) is 0 Å². The third kappa shape index (κ3) is 7.09. The number of nitrogens with one attached hydrogen (secondary N) is 4. The van der Waals surface area contributed by atoms with E-state index in [9.17, 15) is 14.4 Å². The predicted molar refractivity (Wildman–Crippen MR) is 159 cm³/mol. The molecule has 6 N–H and O–H groups in total. The fourth-order valence-electron chi connectivity index (χ4n) is 4.99. The third-order valence-electron chi connectivity index (χ3n) is 7.08. The summed E-state index contributed by atoms with van der Waals surface area (Å²) in [4.78, 5) is 45.3. The van der Waals surface area contributed by atoms with Crippen molar-refractivity contribution in [2.75, 3.05) is 24.3 Å². The van der Waals surface area contributed by atoms with Crippen molar-refractivity contribution in [3.8, 4) is 16.9 Å². The first-order valence-electron chi connectivity index (χ1n) is 13.8. The first-order valence-corrected chi connectivity index (χ1v) is 14.1. The number of nitrogens with zero attached hydrogens (tertiary/aromatic N) is 5. The molecule has 3 heterocycles. The second-order valence-electron chi connectivity index (χ2n) is 10.0. The molecule has 1 aliphatic rings. The molecule has 15 heteroatoms. The maximum atomic E-state index is 13.2. The van der Waals surface area contributed by atoms with E-state index in [1.165, 1.54) is 18.1 Å². The zero-order valence-corrected chi connectivity index (χ0v) is 24.1. The van der Waals surface area contributed by atoms with Crippen LogP contribution in [0, 0.1) is 0 Å². The molecule has 3 amide bonds. The van der Waals surface area contributed by atoms with E-state index in [2.05, 4.69) is 36.5 Å². The molecule has 0 radical (unpaired) electrons. The van der Waals surface area contributed by atoms with Gasteiger partial charge in [-0.1, -0.05) is 24.4 Å². The Balaban J connectivity index is 1.40. The molecule has 1 atom stereocenters. The van der Waals surface area contributed by atoms with E-state index in [-0.39, 0.29) is 18.0 Å². The average molecular weight is 607 g/mol. The lowest BCUT2D eigenvalue weighted by atomic mass is 10.0. The SMILES string of the molecule is COC(=O)Nc1ccc2c(c1)NCCCCC[C@H](NC(=O)CCc1cc(Cl)ccc1-n1cnnn1)c1nc-2c(C(N)=O)[nH]1. The topological polar surface area (TPSA) is 195 Å². The molecule has 0 saturated heterocycles. The number of tetrazole rings is 1. The standard InChI is InChI=1S/C28H31ClN10O4/c1-43-28(42)33-18-8-9-19-21(14-18)31-12-4-2-3-5-20(27-35-24(19)25(36-27)26(30)41)34-23(40)11-6-16-13-17(29)7-10-22(16)39-15-32-37-38-39/h7-10,13-15,20,31H,2-6,11-12H2,1H3,(H2,30,41)(H,33,42)(H,34,40)(H,35,36)/t20-/m0/s1. The van der Waals surface area contributed by atoms with E-state index in [4.69, 9.17) is 27.1 Å². The van der Waals surface area contributed by atoms with Gasteiger partial charge in [0.05, 0.1) is 18.8 Å². The Morgan fingerprint density at radius 2 is 2.02 bits per heavy atom. The predicted octanol–water partition coefficient (Wildman–Crippen LogP) is 3.76. The van der Waals surface area contributed by atoms with Crippen molar-refractivity contribution in [2.24, 2.45) is 5.73 Å². The van der Waals surface area contributed by atoms with Gasteiger partial charge in [0.1, 0.15) is 23.5 Å². The number of aryl methyl sites for hydroxylation is 1. The number of halogens is 1. The molecule has 0 aliphatic carbocycles. The van der Waals surface area contributed by atoms with Crippen LogP contribution in [0.2, 0.25) is 5.02 Å². The van der Waals surface area contributed by atoms with Crippen molar-refractivity contribution in [2.45, 2.75) is 44.6 Å². The molecule has 0 saturated carbocycles. The highest BCUT2D eigenvalue weighted by Crippen LogP contribution is 2.34. The molecular formula is C28H31ClN10O4. The number of ether oxygens (including phenoxy) is 1. The molecular weight excluding hydrogens is 576 g/mol. The van der Waals surface area contributed by atoms with Crippen LogP contribution in [0.3, 0.4) is 0 Å². The van der Waals surface area contributed by atoms with Gasteiger partial charge in [-0.2, -0.15) is 0 Å². The molecule has 4 aromatic rings. The number of fused-ring (bicyclic) bond motifs is 4. The average Bonchev–Trinajstić information content (AvgIpc) is 3.68. The van der Waals surface area contributed by atoms with Crippen LogP contribution in [0.4, 0.5) is 16.2 Å². The molecule has 43 heavy (non-hydrogen) atoms. The Hall–Kier alpha value is -4.98. The van der Waals surface area contributed by atoms with Gasteiger partial charge in [0, 0.05) is 34.9 Å². The minimum Gasteiger partial charge on any atom is -0.453 e. The van der Waals surface area contributed by atoms with Gasteiger partial charge in [0.15, 0.2) is 0 Å². The maximum absolute atomic E-state index is 13.2. The number of H-pyrrole nitrogens is 1. The van der Waals surface area contributed by atoms with E-state index in [1.54, 1.807) is 36.4 Å². The number of aromatic nitrogens is 6. The molecule has 2 aromatic heterocycles. The quantitative estimate of drug-likeness (QED) is 0.208. The van der Waals surface area contributed by atoms with Crippen LogP contribution in [0.15, 0.2) is 42.7 Å². The highest BCUT2D eigenvalue weighted by molar-refractivity contribution is 6.30. The summed E-state index contributed by atoms with van der Waals surface area (Å²) in [7, 11) is 1.28. The van der Waals surface area contributed by atoms with E-state index >= 15 is 0 Å². The summed E-state index contributed by atoms with van der Waals surface area (Å²) < 4.78 is 6.22. The number of carbonyl (C=O) groups excluding carboxylic acids is 3. The number of anilines is 2. The number of nitrogens with two attached hydrogens (primary N) is 1. The highest BCUT2D eigenvalue weighted by Gasteiger charge is 2.25. The number of benzene rings is 2. The van der Waals surface area contributed by atoms with E-state index in [0.29, 0.717) is 52.9 Å². The number of carbonyl (C=O) groups is 3. The highest BCUT2D eigenvalue weighted by atomic mass is 35.5. The van der Waals surface area contributed by atoms with Crippen LogP contribution < -0.4 is 21.7 Å². The van der Waals surface area contributed by atoms with Gasteiger partial charge in [-0.05, 0) is 71.7 Å². The van der Waals surface area contributed by atoms with Gasteiger partial charge in [0.25, 0.3) is 5.91 Å². The van der Waals surface area contributed by atoms with Gasteiger partial charge in [-0.25, -0.2) is 14.5 Å². The summed E-state index contributed by atoms with van der Waals surface area (Å²) in [5.74, 6) is -0.455. The smallest absolute Gasteiger partial charge is 0.411 e. The normalized spacial score (nSPS) is 14.8. The minimum absolute atomic E-state index is 0.121. The zero-order chi connectivity index (χ0) is 30.3. The Kier molecular flexibility index (Phi) is 9.15. The van der Waals surface area contributed by atoms with Gasteiger partial charge in [0.2, 0.25) is 5.91 Å². The van der Waals surface area contributed by atoms with Crippen LogP contribution >= 0.6 is 11.6 Å². The molecule has 1 aliphatic heterocycles. The van der Waals surface area contributed by atoms with Crippen molar-refractivity contribution < 1.29 is 19.1 Å². The number of imidazole rings is 1. The molecule has 224 valence electrons. The van der Waals surface area contributed by atoms with Gasteiger partial charge >= 0.3 is 6.09 Å². The van der Waals surface area contributed by atoms with Crippen LogP contribution in [-0.4, -0.2) is 61.7 Å². The van der Waals surface area contributed by atoms with Crippen LogP contribution in [-0.2, 0) is 16.0 Å². The fourth-order valence-corrected chi connectivity index (χ4v) is 5.18.